The summed E-state index contributed by atoms with van der Waals surface area (Å²) in [7, 11) is -4.01. The van der Waals surface area contributed by atoms with Gasteiger partial charge in [-0.25, -0.2) is 8.42 Å². The minimum atomic E-state index is -4.01. The van der Waals surface area contributed by atoms with E-state index in [9.17, 15) is 18.0 Å². The highest BCUT2D eigenvalue weighted by molar-refractivity contribution is 7.92. The van der Waals surface area contributed by atoms with Crippen molar-refractivity contribution in [3.63, 3.8) is 0 Å². The fraction of sp³-hybridized carbons (Fsp3) is 0.391. The van der Waals surface area contributed by atoms with Gasteiger partial charge in [0.1, 0.15) is 12.6 Å². The molecule has 13 heteroatoms. The van der Waals surface area contributed by atoms with Gasteiger partial charge in [0.25, 0.3) is 0 Å². The molecule has 0 radical (unpaired) electrons. The number of rotatable bonds is 10. The first-order chi connectivity index (χ1) is 16.7. The van der Waals surface area contributed by atoms with Gasteiger partial charge in [0.2, 0.25) is 21.8 Å². The molecule has 0 aliphatic rings. The molecular weight excluding hydrogens is 592 g/mol. The number of nitrogens with zero attached hydrogens (tertiary/aromatic N) is 2. The maximum absolute atomic E-state index is 13.6. The van der Waals surface area contributed by atoms with Crippen molar-refractivity contribution in [3.8, 4) is 0 Å². The Labute approximate surface area is 236 Å². The van der Waals surface area contributed by atoms with E-state index in [1.54, 1.807) is 18.2 Å². The summed E-state index contributed by atoms with van der Waals surface area (Å²) >= 11 is 31.0. The first-order valence-electron chi connectivity index (χ1n) is 10.8. The number of nitrogens with one attached hydrogen (secondary N) is 1. The number of benzene rings is 2. The standard InChI is InChI=1S/C23H26Cl5N3O4S/c1-5-13(2)29-23(33)14(3)30(11-15-16(24)7-6-8-17(15)25)22(32)12-31(36(4,34)35)21-10-19(27)18(26)9-20(21)28/h6-10,13-14H,5,11-12H2,1-4H3,(H,29,33)/t13-,14+/m0/s1. The fourth-order valence-electron chi connectivity index (χ4n) is 3.20. The quantitative estimate of drug-likeness (QED) is 0.329. The third-order valence-electron chi connectivity index (χ3n) is 5.50. The Morgan fingerprint density at radius 2 is 1.50 bits per heavy atom. The average Bonchev–Trinajstić information content (AvgIpc) is 2.78. The van der Waals surface area contributed by atoms with Crippen LogP contribution in [-0.2, 0) is 26.2 Å². The van der Waals surface area contributed by atoms with Gasteiger partial charge < -0.3 is 10.2 Å². The van der Waals surface area contributed by atoms with Gasteiger partial charge in [0.05, 0.1) is 27.0 Å². The molecule has 2 atom stereocenters. The predicted octanol–water partition coefficient (Wildman–Crippen LogP) is 6.05. The number of carbonyl (C=O) groups excluding carboxylic acids is 2. The zero-order chi connectivity index (χ0) is 27.4. The van der Waals surface area contributed by atoms with E-state index in [4.69, 9.17) is 58.0 Å². The van der Waals surface area contributed by atoms with Crippen LogP contribution in [0.4, 0.5) is 5.69 Å². The first-order valence-corrected chi connectivity index (χ1v) is 14.6. The topological polar surface area (TPSA) is 86.8 Å². The fourth-order valence-corrected chi connectivity index (χ4v) is 5.26. The summed E-state index contributed by atoms with van der Waals surface area (Å²) < 4.78 is 26.2. The summed E-state index contributed by atoms with van der Waals surface area (Å²) in [6.07, 6.45) is 1.61. The second kappa shape index (κ2) is 12.9. The van der Waals surface area contributed by atoms with Gasteiger partial charge in [-0.2, -0.15) is 0 Å². The molecule has 0 saturated heterocycles. The van der Waals surface area contributed by atoms with Crippen LogP contribution in [0.3, 0.4) is 0 Å². The maximum atomic E-state index is 13.6. The summed E-state index contributed by atoms with van der Waals surface area (Å²) in [5.41, 5.74) is 0.380. The number of carbonyl (C=O) groups is 2. The Bertz CT molecular complexity index is 1220. The summed E-state index contributed by atoms with van der Waals surface area (Å²) in [6, 6.07) is 6.29. The van der Waals surface area contributed by atoms with Crippen molar-refractivity contribution in [1.29, 1.82) is 0 Å². The molecule has 0 saturated carbocycles. The highest BCUT2D eigenvalue weighted by Crippen LogP contribution is 2.36. The van der Waals surface area contributed by atoms with Crippen LogP contribution < -0.4 is 9.62 Å². The number of hydrogen-bond acceptors (Lipinski definition) is 4. The molecule has 1 N–H and O–H groups in total. The van der Waals surface area contributed by atoms with Crippen molar-refractivity contribution in [2.24, 2.45) is 0 Å². The molecular formula is C23H26Cl5N3O4S. The first kappa shape index (κ1) is 30.8. The predicted molar refractivity (Wildman–Crippen MR) is 148 cm³/mol. The number of amides is 2. The van der Waals surface area contributed by atoms with Crippen LogP contribution in [0, 0.1) is 0 Å². The SMILES string of the molecule is CC[C@H](C)NC(=O)[C@@H](C)N(Cc1c(Cl)cccc1Cl)C(=O)CN(c1cc(Cl)c(Cl)cc1Cl)S(C)(=O)=O. The van der Waals surface area contributed by atoms with E-state index in [1.807, 2.05) is 13.8 Å². The van der Waals surface area contributed by atoms with Crippen molar-refractivity contribution >= 4 is 85.5 Å². The second-order valence-electron chi connectivity index (χ2n) is 8.20. The Morgan fingerprint density at radius 1 is 0.944 bits per heavy atom. The third-order valence-corrected chi connectivity index (χ3v) is 8.36. The molecule has 0 heterocycles. The maximum Gasteiger partial charge on any atom is 0.244 e. The van der Waals surface area contributed by atoms with Gasteiger partial charge in [0, 0.05) is 28.2 Å². The molecule has 0 bridgehead atoms. The van der Waals surface area contributed by atoms with Crippen molar-refractivity contribution in [2.75, 3.05) is 17.1 Å². The lowest BCUT2D eigenvalue weighted by molar-refractivity contribution is -0.139. The molecule has 2 amide bonds. The highest BCUT2D eigenvalue weighted by Gasteiger charge is 2.32. The number of sulfonamides is 1. The van der Waals surface area contributed by atoms with Crippen LogP contribution in [0.25, 0.3) is 0 Å². The van der Waals surface area contributed by atoms with Crippen LogP contribution in [0.15, 0.2) is 30.3 Å². The van der Waals surface area contributed by atoms with Crippen LogP contribution in [0.1, 0.15) is 32.8 Å². The zero-order valence-electron chi connectivity index (χ0n) is 20.0. The third kappa shape index (κ3) is 7.79. The molecule has 2 aromatic carbocycles. The van der Waals surface area contributed by atoms with Crippen LogP contribution in [0.5, 0.6) is 0 Å². The molecule has 0 fully saturated rings. The Kier molecular flexibility index (Phi) is 11.0. The van der Waals surface area contributed by atoms with Crippen LogP contribution in [0.2, 0.25) is 25.1 Å². The molecule has 2 rings (SSSR count). The molecule has 0 unspecified atom stereocenters. The van der Waals surface area contributed by atoms with E-state index in [1.165, 1.54) is 24.0 Å². The van der Waals surface area contributed by atoms with E-state index in [2.05, 4.69) is 5.32 Å². The summed E-state index contributed by atoms with van der Waals surface area (Å²) in [5.74, 6) is -1.11. The minimum absolute atomic E-state index is 0.0223. The summed E-state index contributed by atoms with van der Waals surface area (Å²) in [6.45, 7) is 4.47. The Balaban J connectivity index is 2.52. The lowest BCUT2D eigenvalue weighted by atomic mass is 10.1. The Morgan fingerprint density at radius 3 is 2.03 bits per heavy atom. The largest absolute Gasteiger partial charge is 0.352 e. The van der Waals surface area contributed by atoms with E-state index in [0.717, 1.165) is 10.6 Å². The second-order valence-corrected chi connectivity index (χ2v) is 12.1. The zero-order valence-corrected chi connectivity index (χ0v) is 24.6. The molecule has 0 spiro atoms. The number of anilines is 1. The van der Waals surface area contributed by atoms with Crippen molar-refractivity contribution in [2.45, 2.75) is 45.8 Å². The van der Waals surface area contributed by atoms with Crippen molar-refractivity contribution in [1.82, 2.24) is 10.2 Å². The molecule has 7 nitrogen and oxygen atoms in total. The molecule has 0 aliphatic carbocycles. The van der Waals surface area contributed by atoms with Gasteiger partial charge in [-0.1, -0.05) is 71.0 Å². The van der Waals surface area contributed by atoms with Gasteiger partial charge in [-0.05, 0) is 44.5 Å². The molecule has 2 aromatic rings. The van der Waals surface area contributed by atoms with Gasteiger partial charge in [0.15, 0.2) is 0 Å². The van der Waals surface area contributed by atoms with Crippen molar-refractivity contribution in [3.05, 3.63) is 61.0 Å². The lowest BCUT2D eigenvalue weighted by Crippen LogP contribution is -2.52. The van der Waals surface area contributed by atoms with E-state index >= 15 is 0 Å². The monoisotopic (exact) mass is 615 g/mol. The van der Waals surface area contributed by atoms with Crippen molar-refractivity contribution < 1.29 is 18.0 Å². The summed E-state index contributed by atoms with van der Waals surface area (Å²) in [5, 5.41) is 3.57. The highest BCUT2D eigenvalue weighted by atomic mass is 35.5. The Hall–Kier alpha value is -1.42. The van der Waals surface area contributed by atoms with E-state index in [0.29, 0.717) is 22.0 Å². The normalized spacial score (nSPS) is 13.1. The van der Waals surface area contributed by atoms with Gasteiger partial charge in [-0.3, -0.25) is 13.9 Å². The lowest BCUT2D eigenvalue weighted by Gasteiger charge is -2.32. The molecule has 0 aromatic heterocycles. The van der Waals surface area contributed by atoms with Crippen LogP contribution in [-0.4, -0.2) is 50.0 Å². The molecule has 36 heavy (non-hydrogen) atoms. The van der Waals surface area contributed by atoms with Gasteiger partial charge in [-0.15, -0.1) is 0 Å². The van der Waals surface area contributed by atoms with Gasteiger partial charge >= 0.3 is 0 Å². The molecule has 198 valence electrons. The van der Waals surface area contributed by atoms with E-state index < -0.39 is 34.4 Å². The molecule has 0 aliphatic heterocycles. The smallest absolute Gasteiger partial charge is 0.244 e. The summed E-state index contributed by atoms with van der Waals surface area (Å²) in [4.78, 5) is 27.8. The number of halogens is 5. The number of hydrogen-bond donors (Lipinski definition) is 1. The van der Waals surface area contributed by atoms with E-state index in [-0.39, 0.29) is 33.3 Å². The minimum Gasteiger partial charge on any atom is -0.352 e. The van der Waals surface area contributed by atoms with Crippen LogP contribution >= 0.6 is 58.0 Å². The average molecular weight is 618 g/mol.